The highest BCUT2D eigenvalue weighted by Crippen LogP contribution is 2.46. The summed E-state index contributed by atoms with van der Waals surface area (Å²) < 4.78 is 6.08. The van der Waals surface area contributed by atoms with E-state index in [0.717, 1.165) is 29.8 Å². The second-order valence-electron chi connectivity index (χ2n) is 10.2. The van der Waals surface area contributed by atoms with Crippen molar-refractivity contribution < 1.29 is 9.52 Å². The van der Waals surface area contributed by atoms with Gasteiger partial charge in [0, 0.05) is 31.4 Å². The highest BCUT2D eigenvalue weighted by Gasteiger charge is 2.22. The zero-order valence-corrected chi connectivity index (χ0v) is 23.4. The van der Waals surface area contributed by atoms with Crippen LogP contribution in [-0.4, -0.2) is 25.2 Å². The molecule has 4 heteroatoms. The standard InChI is InChI=1S/C33H48N2O2/c1-4-6-8-10-12-17-24-35(25-18-13-11-9-7-5-2)29-23-19-22-28(26-29)30-31(36)32(37-33(30)34-3)27-20-15-14-16-21-27/h14-16,19-23,26,34,36H,4-13,17-18,24-25H2,1-3H3. The lowest BCUT2D eigenvalue weighted by Crippen LogP contribution is -2.25. The van der Waals surface area contributed by atoms with Crippen LogP contribution in [0.5, 0.6) is 5.75 Å². The Hall–Kier alpha value is -2.88. The molecule has 3 aromatic rings. The summed E-state index contributed by atoms with van der Waals surface area (Å²) in [5.74, 6) is 1.28. The Labute approximate surface area is 225 Å². The van der Waals surface area contributed by atoms with Crippen molar-refractivity contribution in [3.63, 3.8) is 0 Å². The second-order valence-corrected chi connectivity index (χ2v) is 10.2. The first-order valence-electron chi connectivity index (χ1n) is 14.6. The number of hydrogen-bond acceptors (Lipinski definition) is 4. The smallest absolute Gasteiger partial charge is 0.205 e. The van der Waals surface area contributed by atoms with Crippen LogP contribution in [0.3, 0.4) is 0 Å². The average molecular weight is 505 g/mol. The molecule has 0 bridgehead atoms. The molecule has 0 radical (unpaired) electrons. The Balaban J connectivity index is 1.78. The van der Waals surface area contributed by atoms with Crippen LogP contribution in [-0.2, 0) is 0 Å². The van der Waals surface area contributed by atoms with E-state index in [1.165, 1.54) is 82.7 Å². The van der Waals surface area contributed by atoms with Crippen LogP contribution in [0, 0.1) is 0 Å². The molecule has 0 spiro atoms. The predicted octanol–water partition coefficient (Wildman–Crippen LogP) is 9.89. The molecule has 0 fully saturated rings. The molecule has 202 valence electrons. The second kappa shape index (κ2) is 16.1. The van der Waals surface area contributed by atoms with E-state index in [4.69, 9.17) is 4.42 Å². The minimum atomic E-state index is 0.186. The van der Waals surface area contributed by atoms with E-state index in [0.29, 0.717) is 11.6 Å². The fourth-order valence-electron chi connectivity index (χ4n) is 5.05. The summed E-state index contributed by atoms with van der Waals surface area (Å²) in [6, 6.07) is 18.4. The molecule has 0 aliphatic carbocycles. The highest BCUT2D eigenvalue weighted by molar-refractivity contribution is 5.88. The van der Waals surface area contributed by atoms with Crippen molar-refractivity contribution in [3.05, 3.63) is 54.6 Å². The number of hydrogen-bond donors (Lipinski definition) is 2. The Morgan fingerprint density at radius 1 is 0.703 bits per heavy atom. The molecule has 0 saturated carbocycles. The van der Waals surface area contributed by atoms with Gasteiger partial charge in [0.15, 0.2) is 11.5 Å². The van der Waals surface area contributed by atoms with Crippen molar-refractivity contribution in [1.29, 1.82) is 0 Å². The molecule has 0 atom stereocenters. The van der Waals surface area contributed by atoms with Gasteiger partial charge in [0.2, 0.25) is 5.88 Å². The molecule has 37 heavy (non-hydrogen) atoms. The van der Waals surface area contributed by atoms with E-state index in [1.54, 1.807) is 0 Å². The van der Waals surface area contributed by atoms with Gasteiger partial charge in [0.25, 0.3) is 0 Å². The molecule has 0 aliphatic heterocycles. The molecule has 3 rings (SSSR count). The molecule has 1 heterocycles. The van der Waals surface area contributed by atoms with Crippen LogP contribution in [0.25, 0.3) is 22.5 Å². The van der Waals surface area contributed by atoms with Gasteiger partial charge in [0.05, 0.1) is 5.56 Å². The minimum absolute atomic E-state index is 0.186. The van der Waals surface area contributed by atoms with Crippen molar-refractivity contribution >= 4 is 11.6 Å². The van der Waals surface area contributed by atoms with Gasteiger partial charge in [-0.25, -0.2) is 0 Å². The van der Waals surface area contributed by atoms with Crippen molar-refractivity contribution in [1.82, 2.24) is 0 Å². The highest BCUT2D eigenvalue weighted by atomic mass is 16.4. The maximum Gasteiger partial charge on any atom is 0.205 e. The van der Waals surface area contributed by atoms with Gasteiger partial charge >= 0.3 is 0 Å². The number of nitrogens with zero attached hydrogens (tertiary/aromatic N) is 1. The van der Waals surface area contributed by atoms with Crippen LogP contribution in [0.15, 0.2) is 59.0 Å². The maximum absolute atomic E-state index is 11.2. The minimum Gasteiger partial charge on any atom is -0.504 e. The number of anilines is 2. The summed E-state index contributed by atoms with van der Waals surface area (Å²) >= 11 is 0. The van der Waals surface area contributed by atoms with Gasteiger partial charge in [-0.15, -0.1) is 0 Å². The summed E-state index contributed by atoms with van der Waals surface area (Å²) in [7, 11) is 1.84. The van der Waals surface area contributed by atoms with Gasteiger partial charge < -0.3 is 19.7 Å². The Bertz CT molecular complexity index is 1010. The molecule has 2 N–H and O–H groups in total. The van der Waals surface area contributed by atoms with Crippen LogP contribution >= 0.6 is 0 Å². The Morgan fingerprint density at radius 3 is 1.86 bits per heavy atom. The summed E-state index contributed by atoms with van der Waals surface area (Å²) in [5, 5.41) is 14.4. The van der Waals surface area contributed by atoms with Gasteiger partial charge in [0.1, 0.15) is 0 Å². The topological polar surface area (TPSA) is 48.6 Å². The average Bonchev–Trinajstić information content (AvgIpc) is 3.28. The lowest BCUT2D eigenvalue weighted by molar-refractivity contribution is 0.467. The monoisotopic (exact) mass is 504 g/mol. The van der Waals surface area contributed by atoms with Crippen LogP contribution in [0.2, 0.25) is 0 Å². The van der Waals surface area contributed by atoms with Crippen LogP contribution in [0.1, 0.15) is 90.9 Å². The number of nitrogens with one attached hydrogen (secondary N) is 1. The van der Waals surface area contributed by atoms with E-state index >= 15 is 0 Å². The lowest BCUT2D eigenvalue weighted by Gasteiger charge is -2.26. The van der Waals surface area contributed by atoms with Gasteiger partial charge in [-0.05, 0) is 30.5 Å². The van der Waals surface area contributed by atoms with Crippen molar-refractivity contribution in [2.24, 2.45) is 0 Å². The SMILES string of the molecule is CCCCCCCCN(CCCCCCCC)c1cccc(-c2c(NC)oc(-c3ccccc3)c2O)c1. The molecule has 0 saturated heterocycles. The molecule has 1 aromatic heterocycles. The zero-order valence-electron chi connectivity index (χ0n) is 23.4. The van der Waals surface area contributed by atoms with E-state index in [-0.39, 0.29) is 5.75 Å². The van der Waals surface area contributed by atoms with Gasteiger partial charge in [-0.2, -0.15) is 0 Å². The number of benzene rings is 2. The summed E-state index contributed by atoms with van der Waals surface area (Å²) in [4.78, 5) is 2.55. The third-order valence-electron chi connectivity index (χ3n) is 7.21. The predicted molar refractivity (Wildman–Crippen MR) is 160 cm³/mol. The van der Waals surface area contributed by atoms with Gasteiger partial charge in [-0.3, -0.25) is 0 Å². The maximum atomic E-state index is 11.2. The number of furan rings is 1. The van der Waals surface area contributed by atoms with Crippen molar-refractivity contribution in [2.45, 2.75) is 90.9 Å². The molecule has 2 aromatic carbocycles. The normalized spacial score (nSPS) is 11.1. The van der Waals surface area contributed by atoms with E-state index in [2.05, 4.69) is 48.3 Å². The third-order valence-corrected chi connectivity index (χ3v) is 7.21. The Morgan fingerprint density at radius 2 is 1.27 bits per heavy atom. The van der Waals surface area contributed by atoms with Crippen LogP contribution in [0.4, 0.5) is 11.6 Å². The summed E-state index contributed by atoms with van der Waals surface area (Å²) in [5.41, 5.74) is 3.79. The lowest BCUT2D eigenvalue weighted by atomic mass is 10.0. The first kappa shape index (κ1) is 28.7. The first-order valence-corrected chi connectivity index (χ1v) is 14.6. The zero-order chi connectivity index (χ0) is 26.3. The van der Waals surface area contributed by atoms with E-state index in [1.807, 2.05) is 37.4 Å². The third kappa shape index (κ3) is 8.59. The molecule has 0 aliphatic rings. The first-order chi connectivity index (χ1) is 18.2. The fraction of sp³-hybridized carbons (Fsp3) is 0.515. The molecule has 0 unspecified atom stereocenters. The number of aromatic hydroxyl groups is 1. The van der Waals surface area contributed by atoms with E-state index in [9.17, 15) is 5.11 Å². The molecular formula is C33H48N2O2. The van der Waals surface area contributed by atoms with E-state index < -0.39 is 0 Å². The molecular weight excluding hydrogens is 456 g/mol. The molecule has 4 nitrogen and oxygen atoms in total. The van der Waals surface area contributed by atoms with Gasteiger partial charge in [-0.1, -0.05) is 121 Å². The van der Waals surface area contributed by atoms with Crippen molar-refractivity contribution in [3.8, 4) is 28.2 Å². The largest absolute Gasteiger partial charge is 0.504 e. The summed E-state index contributed by atoms with van der Waals surface area (Å²) in [6.45, 7) is 6.71. The number of unbranched alkanes of at least 4 members (excludes halogenated alkanes) is 10. The van der Waals surface area contributed by atoms with Crippen LogP contribution < -0.4 is 10.2 Å². The van der Waals surface area contributed by atoms with Crippen molar-refractivity contribution in [2.75, 3.05) is 30.4 Å². The molecule has 0 amide bonds. The summed E-state index contributed by atoms with van der Waals surface area (Å²) in [6.07, 6.45) is 15.6. The quantitative estimate of drug-likeness (QED) is 0.169. The number of rotatable bonds is 18. The Kier molecular flexibility index (Phi) is 12.5. The fourth-order valence-corrected chi connectivity index (χ4v) is 5.05.